The number of aryl methyl sites for hydroxylation is 1. The number of piperidine rings is 1. The maximum Gasteiger partial charge on any atom is 0.416 e. The lowest BCUT2D eigenvalue weighted by atomic mass is 9.87. The van der Waals surface area contributed by atoms with E-state index >= 15 is 0 Å². The van der Waals surface area contributed by atoms with E-state index in [9.17, 15) is 18.0 Å². The van der Waals surface area contributed by atoms with Gasteiger partial charge in [0.05, 0.1) is 17.9 Å². The number of likely N-dealkylation sites (tertiary alicyclic amines) is 1. The second-order valence-electron chi connectivity index (χ2n) is 9.38. The number of benzene rings is 1. The summed E-state index contributed by atoms with van der Waals surface area (Å²) in [5.74, 6) is 0.637. The highest BCUT2D eigenvalue weighted by Gasteiger charge is 2.36. The van der Waals surface area contributed by atoms with Crippen molar-refractivity contribution in [1.82, 2.24) is 4.90 Å². The van der Waals surface area contributed by atoms with Crippen LogP contribution in [-0.4, -0.2) is 23.9 Å². The Kier molecular flexibility index (Phi) is 6.92. The maximum absolute atomic E-state index is 13.6. The zero-order valence-electron chi connectivity index (χ0n) is 19.7. The van der Waals surface area contributed by atoms with Gasteiger partial charge in [0.25, 0.3) is 5.91 Å². The van der Waals surface area contributed by atoms with Crippen LogP contribution in [0.25, 0.3) is 0 Å². The second-order valence-corrected chi connectivity index (χ2v) is 10.6. The van der Waals surface area contributed by atoms with Gasteiger partial charge < -0.3 is 9.73 Å². The molecule has 3 aromatic rings. The number of amides is 1. The summed E-state index contributed by atoms with van der Waals surface area (Å²) < 4.78 is 46.1. The quantitative estimate of drug-likeness (QED) is 0.408. The first-order valence-corrected chi connectivity index (χ1v) is 12.2. The fraction of sp³-hybridized carbons (Fsp3) is 0.423. The number of carbonyl (C=O) groups excluding carboxylic acids is 1. The number of halogens is 3. The minimum Gasteiger partial charge on any atom is -0.459 e. The number of hydrogen-bond donors (Lipinski definition) is 1. The first kappa shape index (κ1) is 24.5. The third kappa shape index (κ3) is 5.08. The predicted molar refractivity (Wildman–Crippen MR) is 128 cm³/mol. The summed E-state index contributed by atoms with van der Waals surface area (Å²) in [6.45, 7) is 9.84. The molecule has 1 aromatic carbocycles. The molecule has 34 heavy (non-hydrogen) atoms. The van der Waals surface area contributed by atoms with Gasteiger partial charge in [-0.25, -0.2) is 0 Å². The van der Waals surface area contributed by atoms with Crippen molar-refractivity contribution in [2.75, 3.05) is 18.4 Å². The average Bonchev–Trinajstić information content (AvgIpc) is 3.38. The van der Waals surface area contributed by atoms with Crippen LogP contribution in [0.3, 0.4) is 0 Å². The zero-order valence-corrected chi connectivity index (χ0v) is 20.5. The molecule has 8 heteroatoms. The Bertz CT molecular complexity index is 1140. The maximum atomic E-state index is 13.6. The van der Waals surface area contributed by atoms with Crippen LogP contribution in [0.5, 0.6) is 0 Å². The van der Waals surface area contributed by atoms with E-state index in [-0.39, 0.29) is 11.7 Å². The molecule has 0 spiro atoms. The number of nitrogens with one attached hydrogen (secondary N) is 1. The minimum absolute atomic E-state index is 0.186. The summed E-state index contributed by atoms with van der Waals surface area (Å²) in [4.78, 5) is 16.1. The first-order valence-electron chi connectivity index (χ1n) is 11.4. The third-order valence-corrected chi connectivity index (χ3v) is 7.61. The fourth-order valence-electron chi connectivity index (χ4n) is 5.01. The van der Waals surface area contributed by atoms with Crippen molar-refractivity contribution in [3.8, 4) is 0 Å². The molecule has 3 atom stereocenters. The number of anilines is 1. The number of rotatable bonds is 5. The highest BCUT2D eigenvalue weighted by Crippen LogP contribution is 2.45. The van der Waals surface area contributed by atoms with E-state index in [2.05, 4.69) is 24.1 Å². The third-order valence-electron chi connectivity index (χ3n) is 6.47. The summed E-state index contributed by atoms with van der Waals surface area (Å²) in [6, 6.07) is 8.39. The summed E-state index contributed by atoms with van der Waals surface area (Å²) in [7, 11) is 0. The highest BCUT2D eigenvalue weighted by atomic mass is 32.1. The summed E-state index contributed by atoms with van der Waals surface area (Å²) in [6.07, 6.45) is -1.92. The van der Waals surface area contributed by atoms with Gasteiger partial charge in [0, 0.05) is 23.5 Å². The molecule has 0 aliphatic carbocycles. The molecular weight excluding hydrogens is 461 g/mol. The van der Waals surface area contributed by atoms with Crippen molar-refractivity contribution in [3.05, 3.63) is 75.6 Å². The monoisotopic (exact) mass is 490 g/mol. The molecule has 0 saturated carbocycles. The van der Waals surface area contributed by atoms with Gasteiger partial charge in [-0.3, -0.25) is 9.69 Å². The Morgan fingerprint density at radius 2 is 1.85 bits per heavy atom. The number of nitrogens with zero attached hydrogens (tertiary/aromatic N) is 1. The Hall–Kier alpha value is -2.58. The Morgan fingerprint density at radius 1 is 1.15 bits per heavy atom. The van der Waals surface area contributed by atoms with E-state index in [0.29, 0.717) is 22.4 Å². The van der Waals surface area contributed by atoms with Crippen LogP contribution >= 0.6 is 11.3 Å². The molecule has 0 bridgehead atoms. The van der Waals surface area contributed by atoms with E-state index < -0.39 is 17.8 Å². The lowest BCUT2D eigenvalue weighted by Crippen LogP contribution is -2.41. The van der Waals surface area contributed by atoms with Crippen molar-refractivity contribution >= 4 is 22.2 Å². The van der Waals surface area contributed by atoms with Gasteiger partial charge in [0.15, 0.2) is 5.76 Å². The fourth-order valence-corrected chi connectivity index (χ4v) is 6.09. The van der Waals surface area contributed by atoms with Gasteiger partial charge in [0.1, 0.15) is 5.00 Å². The van der Waals surface area contributed by atoms with Gasteiger partial charge >= 0.3 is 6.18 Å². The van der Waals surface area contributed by atoms with E-state index in [0.717, 1.165) is 41.6 Å². The van der Waals surface area contributed by atoms with Crippen LogP contribution in [0.1, 0.15) is 64.0 Å². The van der Waals surface area contributed by atoms with Gasteiger partial charge in [0.2, 0.25) is 0 Å². The van der Waals surface area contributed by atoms with Gasteiger partial charge in [-0.1, -0.05) is 26.0 Å². The standard InChI is InChI=1S/C26H29F3N2O2S/c1-15-11-16(2)14-31(13-15)23(19-7-5-8-20(12-19)26(27,28)29)22-17(3)18(4)34-25(22)30-24(32)21-9-6-10-33-21/h5-10,12,15-16,23H,11,13-14H2,1-4H3,(H,30,32)/t15-,16-,23+/m1/s1. The van der Waals surface area contributed by atoms with E-state index in [1.807, 2.05) is 13.8 Å². The van der Waals surface area contributed by atoms with Crippen LogP contribution < -0.4 is 5.32 Å². The van der Waals surface area contributed by atoms with Crippen molar-refractivity contribution in [2.24, 2.45) is 11.8 Å². The topological polar surface area (TPSA) is 45.5 Å². The van der Waals surface area contributed by atoms with Crippen molar-refractivity contribution < 1.29 is 22.4 Å². The predicted octanol–water partition coefficient (Wildman–Crippen LogP) is 7.30. The number of hydrogen-bond acceptors (Lipinski definition) is 4. The SMILES string of the molecule is Cc1sc(NC(=O)c2ccco2)c([C@H](c2cccc(C(F)(F)F)c2)N2C[C@H](C)C[C@@H](C)C2)c1C. The van der Waals surface area contributed by atoms with Crippen molar-refractivity contribution in [3.63, 3.8) is 0 Å². The smallest absolute Gasteiger partial charge is 0.416 e. The van der Waals surface area contributed by atoms with Crippen molar-refractivity contribution in [1.29, 1.82) is 0 Å². The van der Waals surface area contributed by atoms with Crippen LogP contribution in [0.15, 0.2) is 47.1 Å². The van der Waals surface area contributed by atoms with Crippen molar-refractivity contribution in [2.45, 2.75) is 46.3 Å². The molecule has 0 radical (unpaired) electrons. The number of carbonyl (C=O) groups is 1. The summed E-state index contributed by atoms with van der Waals surface area (Å²) in [5, 5.41) is 3.61. The lowest BCUT2D eigenvalue weighted by molar-refractivity contribution is -0.137. The molecule has 1 aliphatic heterocycles. The second kappa shape index (κ2) is 9.58. The van der Waals surface area contributed by atoms with Gasteiger partial charge in [-0.2, -0.15) is 13.2 Å². The number of alkyl halides is 3. The number of thiophene rings is 1. The molecule has 2 aromatic heterocycles. The van der Waals surface area contributed by atoms with E-state index in [4.69, 9.17) is 4.42 Å². The van der Waals surface area contributed by atoms with Crippen LogP contribution in [0.2, 0.25) is 0 Å². The molecule has 1 N–H and O–H groups in total. The molecule has 1 saturated heterocycles. The molecule has 1 amide bonds. The summed E-state index contributed by atoms with van der Waals surface area (Å²) >= 11 is 1.44. The normalized spacial score (nSPS) is 20.3. The van der Waals surface area contributed by atoms with Gasteiger partial charge in [-0.05, 0) is 67.5 Å². The molecule has 1 aliphatic rings. The van der Waals surface area contributed by atoms with Crippen LogP contribution in [0, 0.1) is 25.7 Å². The molecule has 1 fully saturated rings. The highest BCUT2D eigenvalue weighted by molar-refractivity contribution is 7.16. The molecule has 0 unspecified atom stereocenters. The van der Waals surface area contributed by atoms with Crippen LogP contribution in [-0.2, 0) is 6.18 Å². The van der Waals surface area contributed by atoms with Crippen LogP contribution in [0.4, 0.5) is 18.2 Å². The minimum atomic E-state index is -4.43. The zero-order chi connectivity index (χ0) is 24.6. The molecule has 4 rings (SSSR count). The molecule has 182 valence electrons. The Balaban J connectivity index is 1.84. The van der Waals surface area contributed by atoms with Gasteiger partial charge in [-0.15, -0.1) is 11.3 Å². The molecule has 4 nitrogen and oxygen atoms in total. The Morgan fingerprint density at radius 3 is 2.47 bits per heavy atom. The summed E-state index contributed by atoms with van der Waals surface area (Å²) in [5.41, 5.74) is 1.74. The largest absolute Gasteiger partial charge is 0.459 e. The number of furan rings is 1. The molecular formula is C26H29F3N2O2S. The van der Waals surface area contributed by atoms with E-state index in [1.165, 1.54) is 29.7 Å². The average molecular weight is 491 g/mol. The Labute approximate surface area is 201 Å². The lowest BCUT2D eigenvalue weighted by Gasteiger charge is -2.41. The van der Waals surface area contributed by atoms with E-state index in [1.54, 1.807) is 18.2 Å². The molecule has 3 heterocycles. The first-order chi connectivity index (χ1) is 16.0.